The molecular formula is C25H36O2. The fourth-order valence-electron chi connectivity index (χ4n) is 7.88. The van der Waals surface area contributed by atoms with Gasteiger partial charge in [-0.15, -0.1) is 0 Å². The smallest absolute Gasteiger partial charge is 0.115 e. The van der Waals surface area contributed by atoms with Gasteiger partial charge in [0.1, 0.15) is 5.75 Å². The van der Waals surface area contributed by atoms with Gasteiger partial charge in [0.2, 0.25) is 0 Å². The van der Waals surface area contributed by atoms with E-state index in [4.69, 9.17) is 0 Å². The average molecular weight is 369 g/mol. The number of rotatable bonds is 2. The number of phenols is 1. The second kappa shape index (κ2) is 6.51. The van der Waals surface area contributed by atoms with Gasteiger partial charge in [-0.2, -0.15) is 0 Å². The predicted molar refractivity (Wildman–Crippen MR) is 109 cm³/mol. The summed E-state index contributed by atoms with van der Waals surface area (Å²) in [5, 5.41) is 21.8. The van der Waals surface area contributed by atoms with E-state index in [-0.39, 0.29) is 5.41 Å². The molecular weight excluding hydrogens is 332 g/mol. The number of aliphatic hydroxyl groups is 1. The van der Waals surface area contributed by atoms with Crippen molar-refractivity contribution in [3.8, 4) is 5.75 Å². The summed E-state index contributed by atoms with van der Waals surface area (Å²) in [5.41, 5.74) is 2.55. The molecule has 0 radical (unpaired) electrons. The molecule has 0 amide bonds. The topological polar surface area (TPSA) is 40.5 Å². The van der Waals surface area contributed by atoms with Crippen molar-refractivity contribution in [1.82, 2.24) is 0 Å². The van der Waals surface area contributed by atoms with Crippen molar-refractivity contribution in [2.75, 3.05) is 0 Å². The number of benzene rings is 1. The molecule has 3 saturated carbocycles. The molecule has 1 aromatic carbocycles. The van der Waals surface area contributed by atoms with E-state index in [1.165, 1.54) is 68.9 Å². The first-order chi connectivity index (χ1) is 13.0. The van der Waals surface area contributed by atoms with Crippen LogP contribution in [0.5, 0.6) is 5.75 Å². The van der Waals surface area contributed by atoms with Crippen molar-refractivity contribution >= 4 is 0 Å². The largest absolute Gasteiger partial charge is 0.508 e. The van der Waals surface area contributed by atoms with Crippen molar-refractivity contribution in [2.45, 2.75) is 95.5 Å². The molecule has 2 nitrogen and oxygen atoms in total. The van der Waals surface area contributed by atoms with Crippen LogP contribution in [0, 0.1) is 23.2 Å². The summed E-state index contributed by atoms with van der Waals surface area (Å²) in [4.78, 5) is 0. The summed E-state index contributed by atoms with van der Waals surface area (Å²) >= 11 is 0. The Kier molecular flexibility index (Phi) is 4.35. The lowest BCUT2D eigenvalue weighted by atomic mass is 9.52. The van der Waals surface area contributed by atoms with Gasteiger partial charge in [0, 0.05) is 0 Å². The molecule has 0 aromatic heterocycles. The van der Waals surface area contributed by atoms with Crippen molar-refractivity contribution in [2.24, 2.45) is 23.2 Å². The molecule has 148 valence electrons. The Bertz CT molecular complexity index is 706. The highest BCUT2D eigenvalue weighted by atomic mass is 16.3. The molecule has 0 unspecified atom stereocenters. The highest BCUT2D eigenvalue weighted by Crippen LogP contribution is 2.65. The van der Waals surface area contributed by atoms with Crippen LogP contribution in [0.2, 0.25) is 0 Å². The first-order valence-electron chi connectivity index (χ1n) is 11.5. The highest BCUT2D eigenvalue weighted by molar-refractivity contribution is 5.40. The van der Waals surface area contributed by atoms with E-state index in [0.29, 0.717) is 17.6 Å². The summed E-state index contributed by atoms with van der Waals surface area (Å²) in [7, 11) is 0. The Balaban J connectivity index is 1.40. The van der Waals surface area contributed by atoms with Crippen molar-refractivity contribution in [3.63, 3.8) is 0 Å². The molecule has 0 heterocycles. The van der Waals surface area contributed by atoms with E-state index in [2.05, 4.69) is 13.0 Å². The van der Waals surface area contributed by atoms with Crippen LogP contribution in [-0.2, 0) is 6.42 Å². The van der Waals surface area contributed by atoms with Gasteiger partial charge >= 0.3 is 0 Å². The second-order valence-electron chi connectivity index (χ2n) is 10.5. The van der Waals surface area contributed by atoms with E-state index in [1.807, 2.05) is 12.1 Å². The number of hydrogen-bond acceptors (Lipinski definition) is 2. The third-order valence-corrected chi connectivity index (χ3v) is 9.38. The molecule has 27 heavy (non-hydrogen) atoms. The van der Waals surface area contributed by atoms with Crippen LogP contribution in [0.25, 0.3) is 0 Å². The van der Waals surface area contributed by atoms with Crippen LogP contribution >= 0.6 is 0 Å². The van der Waals surface area contributed by atoms with Crippen LogP contribution in [-0.4, -0.2) is 15.8 Å². The zero-order valence-corrected chi connectivity index (χ0v) is 16.9. The van der Waals surface area contributed by atoms with Gasteiger partial charge < -0.3 is 10.2 Å². The molecule has 0 aliphatic heterocycles. The predicted octanol–water partition coefficient (Wildman–Crippen LogP) is 5.95. The highest BCUT2D eigenvalue weighted by Gasteiger charge is 2.61. The van der Waals surface area contributed by atoms with E-state index in [0.717, 1.165) is 31.1 Å². The van der Waals surface area contributed by atoms with Gasteiger partial charge in [0.25, 0.3) is 0 Å². The monoisotopic (exact) mass is 368 g/mol. The maximum Gasteiger partial charge on any atom is 0.115 e. The van der Waals surface area contributed by atoms with Crippen LogP contribution in [0.15, 0.2) is 18.2 Å². The van der Waals surface area contributed by atoms with Gasteiger partial charge in [-0.3, -0.25) is 0 Å². The molecule has 4 aliphatic rings. The fraction of sp³-hybridized carbons (Fsp3) is 0.760. The van der Waals surface area contributed by atoms with E-state index >= 15 is 0 Å². The SMILES string of the molecule is C[C@]12CC[C@@H]3c4ccc(O)cc4CC[C@H]3[C@@H]1CC[C@@]2(O)CC1CCCCC1. The van der Waals surface area contributed by atoms with E-state index in [9.17, 15) is 10.2 Å². The molecule has 2 N–H and O–H groups in total. The number of aromatic hydroxyl groups is 1. The van der Waals surface area contributed by atoms with Gasteiger partial charge in [-0.25, -0.2) is 0 Å². The quantitative estimate of drug-likeness (QED) is 0.677. The van der Waals surface area contributed by atoms with Crippen molar-refractivity contribution in [1.29, 1.82) is 0 Å². The van der Waals surface area contributed by atoms with Gasteiger partial charge in [-0.05, 0) is 97.3 Å². The number of phenolic OH excluding ortho intramolecular Hbond substituents is 1. The zero-order valence-electron chi connectivity index (χ0n) is 16.9. The Labute approximate surface area is 164 Å². The van der Waals surface area contributed by atoms with Crippen molar-refractivity contribution < 1.29 is 10.2 Å². The zero-order chi connectivity index (χ0) is 18.6. The van der Waals surface area contributed by atoms with Crippen LogP contribution < -0.4 is 0 Å². The first-order valence-corrected chi connectivity index (χ1v) is 11.5. The number of fused-ring (bicyclic) bond motifs is 5. The Morgan fingerprint density at radius 3 is 2.63 bits per heavy atom. The Hall–Kier alpha value is -1.02. The molecule has 2 heteroatoms. The van der Waals surface area contributed by atoms with Gasteiger partial charge in [0.15, 0.2) is 0 Å². The summed E-state index contributed by atoms with van der Waals surface area (Å²) < 4.78 is 0. The first kappa shape index (κ1) is 18.0. The minimum Gasteiger partial charge on any atom is -0.508 e. The Morgan fingerprint density at radius 1 is 1.00 bits per heavy atom. The molecule has 5 rings (SSSR count). The maximum absolute atomic E-state index is 11.9. The lowest BCUT2D eigenvalue weighted by Gasteiger charge is -2.54. The summed E-state index contributed by atoms with van der Waals surface area (Å²) in [6, 6.07) is 6.06. The molecule has 1 aromatic rings. The van der Waals surface area contributed by atoms with Crippen LogP contribution in [0.3, 0.4) is 0 Å². The average Bonchev–Trinajstić information content (AvgIpc) is 2.93. The normalized spacial score (nSPS) is 41.6. The maximum atomic E-state index is 11.9. The fourth-order valence-corrected chi connectivity index (χ4v) is 7.88. The molecule has 4 aliphatic carbocycles. The van der Waals surface area contributed by atoms with E-state index < -0.39 is 5.60 Å². The third-order valence-electron chi connectivity index (χ3n) is 9.38. The lowest BCUT2D eigenvalue weighted by molar-refractivity contribution is -0.116. The number of aryl methyl sites for hydroxylation is 1. The van der Waals surface area contributed by atoms with E-state index in [1.54, 1.807) is 0 Å². The molecule has 0 spiro atoms. The van der Waals surface area contributed by atoms with Crippen molar-refractivity contribution in [3.05, 3.63) is 29.3 Å². The Morgan fingerprint density at radius 2 is 1.81 bits per heavy atom. The van der Waals surface area contributed by atoms with Crippen LogP contribution in [0.1, 0.15) is 94.6 Å². The molecule has 0 saturated heterocycles. The molecule has 5 atom stereocenters. The minimum absolute atomic E-state index is 0.111. The standard InChI is InChI=1S/C25H36O2/c1-24-13-11-21-20-10-8-19(26)15-18(20)7-9-22(21)23(24)12-14-25(24,27)16-17-5-3-2-4-6-17/h8,10,15,17,21-23,26-27H,2-7,9,11-14,16H2,1H3/t21-,22-,23+,24+,25-/m1/s1. The summed E-state index contributed by atoms with van der Waals surface area (Å²) in [6.07, 6.45) is 14.8. The number of hydrogen-bond donors (Lipinski definition) is 2. The molecule has 3 fully saturated rings. The van der Waals surface area contributed by atoms with Crippen LogP contribution in [0.4, 0.5) is 0 Å². The lowest BCUT2D eigenvalue weighted by Crippen LogP contribution is -2.51. The summed E-state index contributed by atoms with van der Waals surface area (Å²) in [5.74, 6) is 3.21. The summed E-state index contributed by atoms with van der Waals surface area (Å²) in [6.45, 7) is 2.44. The second-order valence-corrected chi connectivity index (χ2v) is 10.5. The minimum atomic E-state index is -0.431. The third kappa shape index (κ3) is 2.77. The molecule has 0 bridgehead atoms. The van der Waals surface area contributed by atoms with Gasteiger partial charge in [0.05, 0.1) is 5.60 Å². The van der Waals surface area contributed by atoms with Gasteiger partial charge in [-0.1, -0.05) is 45.1 Å².